The van der Waals surface area contributed by atoms with Gasteiger partial charge in [-0.1, -0.05) is 6.07 Å². The van der Waals surface area contributed by atoms with Crippen molar-refractivity contribution in [3.8, 4) is 17.2 Å². The molecular formula is C28H34N4O7. The lowest BCUT2D eigenvalue weighted by Gasteiger charge is -2.48. The number of methoxy groups -OCH3 is 3. The smallest absolute Gasteiger partial charge is 0.332 e. The standard InChI is InChI=1S/C28H34N4O7/c1-29-25(34)28(26(35)30(2)27(29)36,12-18-10-22(38-4)23(39-5)11-21(18)37-3)16-31-13-17-9-19(15-31)20-7-6-8-24(33)32(20)14-17/h6-8,10-11,17,19H,9,12-16H2,1-5H3/t17-,19+/m0/s1. The molecule has 2 bridgehead atoms. The second-order valence-electron chi connectivity index (χ2n) is 10.7. The number of nitrogens with zero attached hydrogens (tertiary/aromatic N) is 4. The average Bonchev–Trinajstić information content (AvgIpc) is 2.94. The van der Waals surface area contributed by atoms with Crippen LogP contribution in [0.4, 0.5) is 4.79 Å². The minimum atomic E-state index is -1.58. The topological polar surface area (TPSA) is 111 Å². The van der Waals surface area contributed by atoms with Gasteiger partial charge in [0.15, 0.2) is 11.5 Å². The number of piperidine rings is 1. The van der Waals surface area contributed by atoms with Crippen molar-refractivity contribution in [3.05, 3.63) is 51.9 Å². The summed E-state index contributed by atoms with van der Waals surface area (Å²) < 4.78 is 18.4. The van der Waals surface area contributed by atoms with Gasteiger partial charge < -0.3 is 23.7 Å². The van der Waals surface area contributed by atoms with Crippen LogP contribution in [-0.2, 0) is 22.6 Å². The first-order valence-corrected chi connectivity index (χ1v) is 12.9. The number of carbonyl (C=O) groups is 3. The summed E-state index contributed by atoms with van der Waals surface area (Å²) in [4.78, 5) is 57.3. The largest absolute Gasteiger partial charge is 0.496 e. The normalized spacial score (nSPS) is 22.5. The number of pyridine rings is 1. The van der Waals surface area contributed by atoms with Crippen LogP contribution in [0.1, 0.15) is 23.6 Å². The molecule has 11 heteroatoms. The molecule has 0 radical (unpaired) electrons. The zero-order valence-electron chi connectivity index (χ0n) is 22.9. The molecule has 3 aliphatic heterocycles. The van der Waals surface area contributed by atoms with Crippen LogP contribution in [-0.4, -0.2) is 92.2 Å². The number of likely N-dealkylation sites (tertiary alicyclic amines) is 1. The van der Waals surface area contributed by atoms with E-state index in [1.54, 1.807) is 24.3 Å². The van der Waals surface area contributed by atoms with Crippen LogP contribution in [0.25, 0.3) is 0 Å². The monoisotopic (exact) mass is 538 g/mol. The van der Waals surface area contributed by atoms with E-state index in [1.807, 2.05) is 10.6 Å². The Morgan fingerprint density at radius 3 is 2.13 bits per heavy atom. The predicted molar refractivity (Wildman–Crippen MR) is 141 cm³/mol. The third kappa shape index (κ3) is 4.34. The highest BCUT2D eigenvalue weighted by molar-refractivity contribution is 6.19. The summed E-state index contributed by atoms with van der Waals surface area (Å²) in [7, 11) is 7.34. The molecule has 11 nitrogen and oxygen atoms in total. The molecule has 2 fully saturated rings. The lowest BCUT2D eigenvalue weighted by atomic mass is 9.75. The van der Waals surface area contributed by atoms with Crippen molar-refractivity contribution in [3.63, 3.8) is 0 Å². The number of carbonyl (C=O) groups excluding carboxylic acids is 3. The van der Waals surface area contributed by atoms with Gasteiger partial charge in [0.05, 0.1) is 21.3 Å². The van der Waals surface area contributed by atoms with E-state index in [-0.39, 0.29) is 30.4 Å². The van der Waals surface area contributed by atoms with Gasteiger partial charge in [0, 0.05) is 70.4 Å². The van der Waals surface area contributed by atoms with Gasteiger partial charge in [-0.05, 0) is 30.0 Å². The lowest BCUT2D eigenvalue weighted by molar-refractivity contribution is -0.159. The van der Waals surface area contributed by atoms with Crippen LogP contribution in [0.5, 0.6) is 17.2 Å². The molecule has 208 valence electrons. The summed E-state index contributed by atoms with van der Waals surface area (Å²) in [6, 6.07) is 8.05. The van der Waals surface area contributed by atoms with Crippen molar-refractivity contribution in [1.82, 2.24) is 19.3 Å². The minimum Gasteiger partial charge on any atom is -0.496 e. The second kappa shape index (κ2) is 10.0. The number of imide groups is 2. The van der Waals surface area contributed by atoms with Crippen LogP contribution in [0.2, 0.25) is 0 Å². The molecule has 0 spiro atoms. The second-order valence-corrected chi connectivity index (χ2v) is 10.7. The molecule has 39 heavy (non-hydrogen) atoms. The summed E-state index contributed by atoms with van der Waals surface area (Å²) in [5, 5.41) is 0. The fourth-order valence-electron chi connectivity index (χ4n) is 6.54. The summed E-state index contributed by atoms with van der Waals surface area (Å²) in [6.07, 6.45) is 0.939. The number of hydrogen-bond donors (Lipinski definition) is 0. The molecule has 0 saturated carbocycles. The molecule has 4 amide bonds. The van der Waals surface area contributed by atoms with Crippen LogP contribution in [0.3, 0.4) is 0 Å². The highest BCUT2D eigenvalue weighted by Crippen LogP contribution is 2.42. The van der Waals surface area contributed by atoms with Crippen LogP contribution in [0, 0.1) is 11.3 Å². The van der Waals surface area contributed by atoms with Crippen LogP contribution < -0.4 is 19.8 Å². The highest BCUT2D eigenvalue weighted by Gasteiger charge is 2.57. The first-order chi connectivity index (χ1) is 18.6. The molecule has 0 aliphatic carbocycles. The zero-order chi connectivity index (χ0) is 28.1. The van der Waals surface area contributed by atoms with E-state index >= 15 is 0 Å². The Labute approximate surface area is 226 Å². The summed E-state index contributed by atoms with van der Waals surface area (Å²) >= 11 is 0. The maximum atomic E-state index is 13.9. The molecule has 0 unspecified atom stereocenters. The first-order valence-electron chi connectivity index (χ1n) is 12.9. The predicted octanol–water partition coefficient (Wildman–Crippen LogP) is 1.57. The van der Waals surface area contributed by atoms with Crippen LogP contribution >= 0.6 is 0 Å². The fourth-order valence-corrected chi connectivity index (χ4v) is 6.54. The summed E-state index contributed by atoms with van der Waals surface area (Å²) in [5.41, 5.74) is -0.0225. The number of hydrogen-bond acceptors (Lipinski definition) is 8. The van der Waals surface area contributed by atoms with Gasteiger partial charge in [-0.25, -0.2) is 4.79 Å². The summed E-state index contributed by atoms with van der Waals surface area (Å²) in [5.74, 6) is 0.528. The van der Waals surface area contributed by atoms with Gasteiger partial charge in [-0.2, -0.15) is 0 Å². The van der Waals surface area contributed by atoms with E-state index in [1.165, 1.54) is 35.4 Å². The first kappa shape index (κ1) is 26.7. The van der Waals surface area contributed by atoms with Crippen molar-refractivity contribution < 1.29 is 28.6 Å². The van der Waals surface area contributed by atoms with E-state index in [9.17, 15) is 19.2 Å². The fraction of sp³-hybridized carbons (Fsp3) is 0.500. The molecule has 1 aromatic carbocycles. The summed E-state index contributed by atoms with van der Waals surface area (Å²) in [6.45, 7) is 1.93. The Morgan fingerprint density at radius 1 is 0.846 bits per heavy atom. The molecule has 2 aromatic rings. The third-order valence-electron chi connectivity index (χ3n) is 8.33. The number of aromatic nitrogens is 1. The number of benzene rings is 1. The highest BCUT2D eigenvalue weighted by atomic mass is 16.5. The van der Waals surface area contributed by atoms with Crippen molar-refractivity contribution in [2.45, 2.75) is 25.3 Å². The lowest BCUT2D eigenvalue weighted by Crippen LogP contribution is -2.67. The van der Waals surface area contributed by atoms with Gasteiger partial charge in [0.1, 0.15) is 11.2 Å². The molecule has 2 atom stereocenters. The van der Waals surface area contributed by atoms with Crippen molar-refractivity contribution >= 4 is 17.8 Å². The maximum Gasteiger partial charge on any atom is 0.332 e. The van der Waals surface area contributed by atoms with Crippen LogP contribution in [0.15, 0.2) is 35.1 Å². The van der Waals surface area contributed by atoms with Crippen molar-refractivity contribution in [1.29, 1.82) is 0 Å². The molecule has 0 N–H and O–H groups in total. The van der Waals surface area contributed by atoms with Gasteiger partial charge in [0.2, 0.25) is 11.8 Å². The minimum absolute atomic E-state index is 0.00195. The zero-order valence-corrected chi connectivity index (χ0v) is 22.9. The van der Waals surface area contributed by atoms with E-state index in [2.05, 4.69) is 4.90 Å². The Kier molecular flexibility index (Phi) is 6.88. The number of barbiturate groups is 1. The molecular weight excluding hydrogens is 504 g/mol. The van der Waals surface area contributed by atoms with Gasteiger partial charge in [-0.3, -0.25) is 24.2 Å². The molecule has 3 aliphatic rings. The number of fused-ring (bicyclic) bond motifs is 4. The molecule has 2 saturated heterocycles. The van der Waals surface area contributed by atoms with E-state index in [4.69, 9.17) is 14.2 Å². The number of urea groups is 1. The number of ether oxygens (including phenoxy) is 3. The molecule has 1 aromatic heterocycles. The van der Waals surface area contributed by atoms with Gasteiger partial charge in [0.25, 0.3) is 5.56 Å². The van der Waals surface area contributed by atoms with Crippen molar-refractivity contribution in [2.24, 2.45) is 11.3 Å². The maximum absolute atomic E-state index is 13.9. The van der Waals surface area contributed by atoms with E-state index in [0.717, 1.165) is 21.9 Å². The Hall–Kier alpha value is -3.86. The van der Waals surface area contributed by atoms with E-state index < -0.39 is 23.3 Å². The molecule has 5 rings (SSSR count). The number of rotatable bonds is 7. The number of amides is 4. The van der Waals surface area contributed by atoms with E-state index in [0.29, 0.717) is 42.4 Å². The quantitative estimate of drug-likeness (QED) is 0.489. The van der Waals surface area contributed by atoms with Gasteiger partial charge in [-0.15, -0.1) is 0 Å². The third-order valence-corrected chi connectivity index (χ3v) is 8.33. The average molecular weight is 539 g/mol. The Balaban J connectivity index is 1.56. The Morgan fingerprint density at radius 2 is 1.49 bits per heavy atom. The molecule has 4 heterocycles. The Bertz CT molecular complexity index is 1360. The van der Waals surface area contributed by atoms with Gasteiger partial charge >= 0.3 is 6.03 Å². The SMILES string of the molecule is COc1cc(OC)c(OC)cc1CC1(CN2C[C@@H]3C[C@H](C2)c2cccc(=O)n2C3)C(=O)N(C)C(=O)N(C)C1=O. The van der Waals surface area contributed by atoms with Crippen molar-refractivity contribution in [2.75, 3.05) is 55.1 Å².